The minimum absolute atomic E-state index is 0.250. The van der Waals surface area contributed by atoms with Crippen molar-refractivity contribution in [3.63, 3.8) is 0 Å². The standard InChI is InChI=1S/C20H19N3O2/c1-25-19-4-2-3-15(13-19)14-22-20(24)23-18-7-5-16(6-8-18)17-9-11-21-12-10-17/h2-13H,14H2,1H3,(H2,22,23,24). The number of benzene rings is 2. The van der Waals surface area contributed by atoms with Gasteiger partial charge < -0.3 is 15.4 Å². The van der Waals surface area contributed by atoms with Gasteiger partial charge in [0.15, 0.2) is 0 Å². The van der Waals surface area contributed by atoms with Crippen molar-refractivity contribution in [1.29, 1.82) is 0 Å². The number of carbonyl (C=O) groups excluding carboxylic acids is 1. The molecule has 0 atom stereocenters. The number of nitrogens with one attached hydrogen (secondary N) is 2. The molecule has 0 aliphatic carbocycles. The van der Waals surface area contributed by atoms with E-state index in [-0.39, 0.29) is 6.03 Å². The summed E-state index contributed by atoms with van der Waals surface area (Å²) in [6, 6.07) is 18.9. The Balaban J connectivity index is 1.56. The summed E-state index contributed by atoms with van der Waals surface area (Å²) < 4.78 is 5.17. The zero-order valence-electron chi connectivity index (χ0n) is 13.9. The number of urea groups is 1. The Labute approximate surface area is 146 Å². The predicted octanol–water partition coefficient (Wildman–Crippen LogP) is 4.08. The molecule has 0 radical (unpaired) electrons. The molecule has 0 fully saturated rings. The third-order valence-electron chi connectivity index (χ3n) is 3.74. The molecule has 0 unspecified atom stereocenters. The highest BCUT2D eigenvalue weighted by Crippen LogP contribution is 2.20. The summed E-state index contributed by atoms with van der Waals surface area (Å²) in [6.45, 7) is 0.429. The van der Waals surface area contributed by atoms with E-state index in [4.69, 9.17) is 4.74 Å². The average molecular weight is 333 g/mol. The van der Waals surface area contributed by atoms with E-state index < -0.39 is 0 Å². The highest BCUT2D eigenvalue weighted by molar-refractivity contribution is 5.89. The summed E-state index contributed by atoms with van der Waals surface area (Å²) in [6.07, 6.45) is 3.51. The molecule has 126 valence electrons. The second kappa shape index (κ2) is 7.97. The van der Waals surface area contributed by atoms with Gasteiger partial charge in [0.1, 0.15) is 5.75 Å². The molecule has 5 nitrogen and oxygen atoms in total. The summed E-state index contributed by atoms with van der Waals surface area (Å²) in [7, 11) is 1.62. The van der Waals surface area contributed by atoms with Crippen LogP contribution in [0.3, 0.4) is 0 Å². The first-order valence-electron chi connectivity index (χ1n) is 7.93. The van der Waals surface area contributed by atoms with Gasteiger partial charge in [-0.25, -0.2) is 4.79 Å². The van der Waals surface area contributed by atoms with Gasteiger partial charge in [-0.15, -0.1) is 0 Å². The third-order valence-corrected chi connectivity index (χ3v) is 3.74. The summed E-state index contributed by atoms with van der Waals surface area (Å²) in [5, 5.41) is 5.66. The number of ether oxygens (including phenoxy) is 1. The predicted molar refractivity (Wildman–Crippen MR) is 98.5 cm³/mol. The molecule has 0 aliphatic rings. The first kappa shape index (κ1) is 16.5. The van der Waals surface area contributed by atoms with Crippen LogP contribution in [-0.2, 0) is 6.54 Å². The topological polar surface area (TPSA) is 63.2 Å². The Morgan fingerprint density at radius 1 is 1.00 bits per heavy atom. The van der Waals surface area contributed by atoms with Crippen LogP contribution in [0.5, 0.6) is 5.75 Å². The van der Waals surface area contributed by atoms with Crippen LogP contribution < -0.4 is 15.4 Å². The van der Waals surface area contributed by atoms with E-state index in [0.29, 0.717) is 6.54 Å². The molecule has 25 heavy (non-hydrogen) atoms. The maximum absolute atomic E-state index is 12.0. The fraction of sp³-hybridized carbons (Fsp3) is 0.100. The summed E-state index contributed by atoms with van der Waals surface area (Å²) in [4.78, 5) is 16.0. The smallest absolute Gasteiger partial charge is 0.319 e. The van der Waals surface area contributed by atoms with Crippen LogP contribution in [0, 0.1) is 0 Å². The lowest BCUT2D eigenvalue weighted by atomic mass is 10.1. The molecule has 1 heterocycles. The lowest BCUT2D eigenvalue weighted by molar-refractivity contribution is 0.251. The number of pyridine rings is 1. The Hall–Kier alpha value is -3.34. The highest BCUT2D eigenvalue weighted by Gasteiger charge is 2.03. The molecule has 0 bridgehead atoms. The Kier molecular flexibility index (Phi) is 5.26. The molecule has 3 rings (SSSR count). The monoisotopic (exact) mass is 333 g/mol. The molecule has 0 saturated carbocycles. The van der Waals surface area contributed by atoms with Gasteiger partial charge in [-0.3, -0.25) is 4.98 Å². The molecule has 0 saturated heterocycles. The second-order valence-electron chi connectivity index (χ2n) is 5.47. The van der Waals surface area contributed by atoms with Gasteiger partial charge in [0.2, 0.25) is 0 Å². The maximum Gasteiger partial charge on any atom is 0.319 e. The molecule has 3 aromatic rings. The number of hydrogen-bond acceptors (Lipinski definition) is 3. The fourth-order valence-corrected chi connectivity index (χ4v) is 2.43. The van der Waals surface area contributed by atoms with Gasteiger partial charge in [-0.05, 0) is 53.1 Å². The lowest BCUT2D eigenvalue weighted by Crippen LogP contribution is -2.28. The van der Waals surface area contributed by atoms with Gasteiger partial charge in [-0.1, -0.05) is 24.3 Å². The molecule has 2 N–H and O–H groups in total. The first-order chi connectivity index (χ1) is 12.2. The SMILES string of the molecule is COc1cccc(CNC(=O)Nc2ccc(-c3ccncc3)cc2)c1. The van der Waals surface area contributed by atoms with Crippen LogP contribution >= 0.6 is 0 Å². The molecule has 5 heteroatoms. The van der Waals surface area contributed by atoms with Crippen molar-refractivity contribution >= 4 is 11.7 Å². The normalized spacial score (nSPS) is 10.1. The molecule has 2 amide bonds. The molecular formula is C20H19N3O2. The van der Waals surface area contributed by atoms with E-state index in [1.807, 2.05) is 60.7 Å². The van der Waals surface area contributed by atoms with Crippen molar-refractivity contribution in [2.75, 3.05) is 12.4 Å². The largest absolute Gasteiger partial charge is 0.497 e. The number of rotatable bonds is 5. The van der Waals surface area contributed by atoms with E-state index in [2.05, 4.69) is 15.6 Å². The maximum atomic E-state index is 12.0. The summed E-state index contributed by atoms with van der Waals surface area (Å²) in [5.41, 5.74) is 3.87. The molecular weight excluding hydrogens is 314 g/mol. The highest BCUT2D eigenvalue weighted by atomic mass is 16.5. The van der Waals surface area contributed by atoms with Crippen LogP contribution in [0.15, 0.2) is 73.1 Å². The minimum Gasteiger partial charge on any atom is -0.497 e. The number of carbonyl (C=O) groups is 1. The Morgan fingerprint density at radius 2 is 1.72 bits per heavy atom. The second-order valence-corrected chi connectivity index (χ2v) is 5.47. The lowest BCUT2D eigenvalue weighted by Gasteiger charge is -2.09. The van der Waals surface area contributed by atoms with E-state index >= 15 is 0 Å². The number of hydrogen-bond donors (Lipinski definition) is 2. The van der Waals surface area contributed by atoms with E-state index in [0.717, 1.165) is 28.1 Å². The van der Waals surface area contributed by atoms with Gasteiger partial charge in [0.05, 0.1) is 7.11 Å². The molecule has 0 spiro atoms. The number of methoxy groups -OCH3 is 1. The average Bonchev–Trinajstić information content (AvgIpc) is 2.68. The number of anilines is 1. The van der Waals surface area contributed by atoms with Crippen molar-refractivity contribution in [3.8, 4) is 16.9 Å². The van der Waals surface area contributed by atoms with Crippen LogP contribution in [0.25, 0.3) is 11.1 Å². The van der Waals surface area contributed by atoms with E-state index in [1.165, 1.54) is 0 Å². The fourth-order valence-electron chi connectivity index (χ4n) is 2.43. The Morgan fingerprint density at radius 3 is 2.44 bits per heavy atom. The number of nitrogens with zero attached hydrogens (tertiary/aromatic N) is 1. The molecule has 0 aliphatic heterocycles. The quantitative estimate of drug-likeness (QED) is 0.739. The van der Waals surface area contributed by atoms with Crippen LogP contribution in [0.2, 0.25) is 0 Å². The third kappa shape index (κ3) is 4.57. The van der Waals surface area contributed by atoms with Crippen molar-refractivity contribution in [3.05, 3.63) is 78.6 Å². The van der Waals surface area contributed by atoms with Crippen molar-refractivity contribution in [2.24, 2.45) is 0 Å². The number of amides is 2. The van der Waals surface area contributed by atoms with E-state index in [1.54, 1.807) is 19.5 Å². The Bertz CT molecular complexity index is 833. The first-order valence-corrected chi connectivity index (χ1v) is 7.93. The van der Waals surface area contributed by atoms with Crippen molar-refractivity contribution < 1.29 is 9.53 Å². The zero-order chi connectivity index (χ0) is 17.5. The molecule has 1 aromatic heterocycles. The zero-order valence-corrected chi connectivity index (χ0v) is 13.9. The van der Waals surface area contributed by atoms with Gasteiger partial charge in [0, 0.05) is 24.6 Å². The van der Waals surface area contributed by atoms with Gasteiger partial charge >= 0.3 is 6.03 Å². The minimum atomic E-state index is -0.250. The number of aromatic nitrogens is 1. The van der Waals surface area contributed by atoms with Crippen molar-refractivity contribution in [2.45, 2.75) is 6.54 Å². The van der Waals surface area contributed by atoms with Crippen molar-refractivity contribution in [1.82, 2.24) is 10.3 Å². The molecule has 2 aromatic carbocycles. The van der Waals surface area contributed by atoms with Gasteiger partial charge in [-0.2, -0.15) is 0 Å². The van der Waals surface area contributed by atoms with Gasteiger partial charge in [0.25, 0.3) is 0 Å². The van der Waals surface area contributed by atoms with Crippen LogP contribution in [0.1, 0.15) is 5.56 Å². The summed E-state index contributed by atoms with van der Waals surface area (Å²) in [5.74, 6) is 0.770. The van der Waals surface area contributed by atoms with Crippen LogP contribution in [-0.4, -0.2) is 18.1 Å². The van der Waals surface area contributed by atoms with E-state index in [9.17, 15) is 4.79 Å². The summed E-state index contributed by atoms with van der Waals surface area (Å²) >= 11 is 0. The van der Waals surface area contributed by atoms with Crippen LogP contribution in [0.4, 0.5) is 10.5 Å².